The van der Waals surface area contributed by atoms with Gasteiger partial charge in [0.15, 0.2) is 5.82 Å². The molecule has 0 N–H and O–H groups in total. The van der Waals surface area contributed by atoms with E-state index in [-0.39, 0.29) is 5.92 Å². The Morgan fingerprint density at radius 1 is 0.431 bits per heavy atom. The van der Waals surface area contributed by atoms with Crippen molar-refractivity contribution < 1.29 is 0 Å². The highest BCUT2D eigenvalue weighted by molar-refractivity contribution is 5.97. The van der Waals surface area contributed by atoms with Crippen LogP contribution < -0.4 is 0 Å². The van der Waals surface area contributed by atoms with Gasteiger partial charge >= 0.3 is 0 Å². The summed E-state index contributed by atoms with van der Waals surface area (Å²) in [5.41, 5.74) is 20.2. The molecule has 0 radical (unpaired) electrons. The van der Waals surface area contributed by atoms with Crippen LogP contribution in [0.1, 0.15) is 50.4 Å². The van der Waals surface area contributed by atoms with E-state index in [0.29, 0.717) is 0 Å². The van der Waals surface area contributed by atoms with E-state index in [1.165, 1.54) is 72.3 Å². The molecule has 1 heterocycles. The van der Waals surface area contributed by atoms with Crippen molar-refractivity contribution in [3.8, 4) is 56.2 Å². The summed E-state index contributed by atoms with van der Waals surface area (Å²) in [5, 5.41) is 0. The largest absolute Gasteiger partial charge is 0.228 e. The van der Waals surface area contributed by atoms with Crippen molar-refractivity contribution in [3.05, 3.63) is 214 Å². The Balaban J connectivity index is 1.25. The van der Waals surface area contributed by atoms with Crippen molar-refractivity contribution >= 4 is 0 Å². The Kier molecular flexibility index (Phi) is 5.89. The molecule has 0 saturated heterocycles. The highest BCUT2D eigenvalue weighted by atomic mass is 14.9. The molecule has 1 aromatic heterocycles. The molecule has 0 saturated carbocycles. The van der Waals surface area contributed by atoms with Gasteiger partial charge in [0.05, 0.1) is 16.8 Å². The van der Waals surface area contributed by atoms with E-state index < -0.39 is 5.41 Å². The molecule has 238 valence electrons. The number of nitrogens with zero attached hydrogens (tertiary/aromatic N) is 2. The van der Waals surface area contributed by atoms with Crippen LogP contribution in [-0.4, -0.2) is 9.97 Å². The van der Waals surface area contributed by atoms with Crippen LogP contribution in [0, 0.1) is 6.92 Å². The molecule has 0 bridgehead atoms. The van der Waals surface area contributed by atoms with E-state index in [1.807, 2.05) is 0 Å². The van der Waals surface area contributed by atoms with Crippen LogP contribution in [0.5, 0.6) is 0 Å². The molecule has 2 heteroatoms. The molecule has 51 heavy (non-hydrogen) atoms. The molecule has 3 aliphatic rings. The Morgan fingerprint density at radius 3 is 1.55 bits per heavy atom. The number of rotatable bonds is 3. The lowest BCUT2D eigenvalue weighted by Gasteiger charge is -2.31. The summed E-state index contributed by atoms with van der Waals surface area (Å²) < 4.78 is 0. The number of hydrogen-bond acceptors (Lipinski definition) is 2. The van der Waals surface area contributed by atoms with E-state index >= 15 is 0 Å². The SMILES string of the molecule is Cc1cc(-c2nc(-c3ccccc3)nc3c2C2(c4ccccc4-c4ccccc42)c2ccccc2-3)cc(C2c3ccccc3-c3ccccc32)c1. The molecular weight excluding hydrogens is 617 g/mol. The number of fused-ring (bicyclic) bond motifs is 13. The zero-order chi connectivity index (χ0) is 33.7. The topological polar surface area (TPSA) is 25.8 Å². The van der Waals surface area contributed by atoms with Crippen molar-refractivity contribution in [3.63, 3.8) is 0 Å². The highest BCUT2D eigenvalue weighted by Gasteiger charge is 2.54. The molecule has 0 unspecified atom stereocenters. The van der Waals surface area contributed by atoms with Crippen LogP contribution in [0.25, 0.3) is 56.2 Å². The molecule has 11 rings (SSSR count). The Morgan fingerprint density at radius 2 is 0.922 bits per heavy atom. The smallest absolute Gasteiger partial charge is 0.160 e. The molecule has 0 amide bonds. The van der Waals surface area contributed by atoms with Crippen molar-refractivity contribution in [2.24, 2.45) is 0 Å². The average molecular weight is 649 g/mol. The van der Waals surface area contributed by atoms with E-state index in [9.17, 15) is 0 Å². The fourth-order valence-corrected chi connectivity index (χ4v) is 9.51. The number of aromatic nitrogens is 2. The predicted molar refractivity (Wildman–Crippen MR) is 207 cm³/mol. The lowest BCUT2D eigenvalue weighted by molar-refractivity contribution is 0.788. The molecule has 8 aromatic rings. The van der Waals surface area contributed by atoms with Gasteiger partial charge in [-0.25, -0.2) is 9.97 Å². The van der Waals surface area contributed by atoms with Crippen molar-refractivity contribution in [2.45, 2.75) is 18.3 Å². The summed E-state index contributed by atoms with van der Waals surface area (Å²) in [6, 6.07) is 62.2. The fourth-order valence-electron chi connectivity index (χ4n) is 9.51. The third-order valence-electron chi connectivity index (χ3n) is 11.4. The second kappa shape index (κ2) is 10.6. The van der Waals surface area contributed by atoms with Crippen molar-refractivity contribution in [1.82, 2.24) is 9.97 Å². The summed E-state index contributed by atoms with van der Waals surface area (Å²) in [7, 11) is 0. The Hall–Kier alpha value is -6.38. The maximum atomic E-state index is 5.62. The van der Waals surface area contributed by atoms with E-state index in [0.717, 1.165) is 28.3 Å². The fraction of sp³-hybridized carbons (Fsp3) is 0.0612. The maximum Gasteiger partial charge on any atom is 0.160 e. The second-order valence-corrected chi connectivity index (χ2v) is 14.1. The first-order chi connectivity index (χ1) is 25.2. The predicted octanol–water partition coefficient (Wildman–Crippen LogP) is 11.6. The van der Waals surface area contributed by atoms with Gasteiger partial charge in [-0.05, 0) is 74.7 Å². The zero-order valence-electron chi connectivity index (χ0n) is 28.1. The first-order valence-corrected chi connectivity index (χ1v) is 17.8. The van der Waals surface area contributed by atoms with Crippen molar-refractivity contribution in [1.29, 1.82) is 0 Å². The molecule has 0 aliphatic heterocycles. The van der Waals surface area contributed by atoms with Gasteiger partial charge < -0.3 is 0 Å². The van der Waals surface area contributed by atoms with E-state index in [4.69, 9.17) is 9.97 Å². The maximum absolute atomic E-state index is 5.62. The van der Waals surface area contributed by atoms with Gasteiger partial charge in [0, 0.05) is 28.2 Å². The Labute approximate surface area is 297 Å². The third-order valence-corrected chi connectivity index (χ3v) is 11.4. The lowest BCUT2D eigenvalue weighted by atomic mass is 9.69. The van der Waals surface area contributed by atoms with Crippen LogP contribution in [0.3, 0.4) is 0 Å². The standard InChI is InChI=1S/C49H32N2/c1-30-27-32(44-38-21-7-5-17-34(38)35-18-6-8-22-39(35)44)29-33(28-30)46-45-47(51-48(50-46)31-15-3-2-4-16-31)40-23-11-14-26-43(40)49(45)41-24-12-9-19-36(41)37-20-10-13-25-42(37)49/h2-29,44H,1H3. The van der Waals surface area contributed by atoms with Gasteiger partial charge in [-0.15, -0.1) is 0 Å². The molecule has 1 spiro atoms. The molecule has 0 fully saturated rings. The highest BCUT2D eigenvalue weighted by Crippen LogP contribution is 2.64. The number of benzene rings is 7. The van der Waals surface area contributed by atoms with Gasteiger partial charge in [0.25, 0.3) is 0 Å². The first-order valence-electron chi connectivity index (χ1n) is 17.8. The summed E-state index contributed by atoms with van der Waals surface area (Å²) >= 11 is 0. The average Bonchev–Trinajstić information content (AvgIpc) is 3.80. The summed E-state index contributed by atoms with van der Waals surface area (Å²) in [5.74, 6) is 0.883. The van der Waals surface area contributed by atoms with E-state index in [1.54, 1.807) is 0 Å². The number of hydrogen-bond donors (Lipinski definition) is 0. The molecule has 3 aliphatic carbocycles. The number of aryl methyl sites for hydroxylation is 1. The second-order valence-electron chi connectivity index (χ2n) is 14.1. The van der Waals surface area contributed by atoms with Crippen LogP contribution >= 0.6 is 0 Å². The van der Waals surface area contributed by atoms with Gasteiger partial charge in [-0.2, -0.15) is 0 Å². The van der Waals surface area contributed by atoms with Gasteiger partial charge in [-0.1, -0.05) is 163 Å². The summed E-state index contributed by atoms with van der Waals surface area (Å²) in [4.78, 5) is 11.1. The quantitative estimate of drug-likeness (QED) is 0.191. The zero-order valence-corrected chi connectivity index (χ0v) is 28.1. The summed E-state index contributed by atoms with van der Waals surface area (Å²) in [6.07, 6.45) is 0. The van der Waals surface area contributed by atoms with E-state index in [2.05, 4.69) is 177 Å². The minimum absolute atomic E-state index is 0.138. The van der Waals surface area contributed by atoms with Crippen LogP contribution in [0.2, 0.25) is 0 Å². The molecule has 0 atom stereocenters. The lowest BCUT2D eigenvalue weighted by Crippen LogP contribution is -2.27. The normalized spacial score (nSPS) is 14.1. The van der Waals surface area contributed by atoms with Gasteiger partial charge in [-0.3, -0.25) is 0 Å². The third kappa shape index (κ3) is 3.82. The Bertz CT molecular complexity index is 2630. The minimum Gasteiger partial charge on any atom is -0.228 e. The first kappa shape index (κ1) is 28.5. The monoisotopic (exact) mass is 648 g/mol. The van der Waals surface area contributed by atoms with Crippen LogP contribution in [-0.2, 0) is 5.41 Å². The van der Waals surface area contributed by atoms with Crippen molar-refractivity contribution in [2.75, 3.05) is 0 Å². The minimum atomic E-state index is -0.555. The van der Waals surface area contributed by atoms with Crippen LogP contribution in [0.4, 0.5) is 0 Å². The summed E-state index contributed by atoms with van der Waals surface area (Å²) in [6.45, 7) is 2.23. The molecule has 7 aromatic carbocycles. The molecule has 2 nitrogen and oxygen atoms in total. The molecular formula is C49H32N2. The van der Waals surface area contributed by atoms with Gasteiger partial charge in [0.1, 0.15) is 0 Å². The van der Waals surface area contributed by atoms with Crippen LogP contribution in [0.15, 0.2) is 170 Å². The van der Waals surface area contributed by atoms with Gasteiger partial charge in [0.2, 0.25) is 0 Å².